The number of amides is 4. The molecule has 8 heteroatoms. The number of benzene rings is 2. The number of carbonyl (C=O) groups excluding carboxylic acids is 3. The van der Waals surface area contributed by atoms with Crippen molar-refractivity contribution in [3.8, 4) is 0 Å². The van der Waals surface area contributed by atoms with Gasteiger partial charge in [0.25, 0.3) is 5.91 Å². The first-order valence-corrected chi connectivity index (χ1v) is 11.2. The molecule has 4 amide bonds. The molecule has 0 unspecified atom stereocenters. The van der Waals surface area contributed by atoms with Gasteiger partial charge in [-0.3, -0.25) is 14.8 Å². The lowest BCUT2D eigenvalue weighted by Crippen LogP contribution is -2.47. The zero-order valence-electron chi connectivity index (χ0n) is 19.5. The van der Waals surface area contributed by atoms with Crippen LogP contribution in [0.3, 0.4) is 0 Å². The van der Waals surface area contributed by atoms with Gasteiger partial charge in [0.05, 0.1) is 0 Å². The summed E-state index contributed by atoms with van der Waals surface area (Å²) in [5.74, 6) is -0.754. The van der Waals surface area contributed by atoms with Crippen molar-refractivity contribution in [3.63, 3.8) is 0 Å². The number of carbonyl (C=O) groups is 3. The summed E-state index contributed by atoms with van der Waals surface area (Å²) in [5.41, 5.74) is 4.11. The summed E-state index contributed by atoms with van der Waals surface area (Å²) in [5, 5.41) is 17.1. The van der Waals surface area contributed by atoms with E-state index in [4.69, 9.17) is 5.21 Å². The van der Waals surface area contributed by atoms with Crippen LogP contribution >= 0.6 is 0 Å². The van der Waals surface area contributed by atoms with Gasteiger partial charge in [-0.2, -0.15) is 0 Å². The summed E-state index contributed by atoms with van der Waals surface area (Å²) < 4.78 is 0. The number of hydrogen-bond acceptors (Lipinski definition) is 4. The second-order valence-corrected chi connectivity index (χ2v) is 8.97. The van der Waals surface area contributed by atoms with E-state index in [0.717, 1.165) is 11.3 Å². The average molecular weight is 455 g/mol. The number of hydroxylamine groups is 1. The molecule has 178 valence electrons. The zero-order chi connectivity index (χ0) is 24.3. The Bertz CT molecular complexity index is 908. The number of anilines is 2. The molecule has 0 aliphatic rings. The van der Waals surface area contributed by atoms with Crippen LogP contribution in [-0.2, 0) is 15.0 Å². The van der Waals surface area contributed by atoms with E-state index >= 15 is 0 Å². The monoisotopic (exact) mass is 454 g/mol. The molecular weight excluding hydrogens is 420 g/mol. The average Bonchev–Trinajstić information content (AvgIpc) is 2.78. The molecule has 33 heavy (non-hydrogen) atoms. The first-order chi connectivity index (χ1) is 15.7. The normalized spacial score (nSPS) is 11.9. The predicted molar refractivity (Wildman–Crippen MR) is 129 cm³/mol. The Morgan fingerprint density at radius 1 is 0.848 bits per heavy atom. The first-order valence-electron chi connectivity index (χ1n) is 11.2. The first kappa shape index (κ1) is 25.9. The van der Waals surface area contributed by atoms with E-state index in [1.54, 1.807) is 5.48 Å². The van der Waals surface area contributed by atoms with Crippen molar-refractivity contribution in [1.82, 2.24) is 10.8 Å². The lowest BCUT2D eigenvalue weighted by atomic mass is 9.87. The van der Waals surface area contributed by atoms with E-state index in [2.05, 4.69) is 36.7 Å². The Kier molecular flexibility index (Phi) is 9.87. The molecule has 0 radical (unpaired) electrons. The maximum absolute atomic E-state index is 12.3. The van der Waals surface area contributed by atoms with Crippen molar-refractivity contribution in [2.75, 3.05) is 10.6 Å². The number of rotatable bonds is 10. The van der Waals surface area contributed by atoms with Crippen molar-refractivity contribution >= 4 is 29.2 Å². The van der Waals surface area contributed by atoms with Crippen molar-refractivity contribution in [1.29, 1.82) is 0 Å². The largest absolute Gasteiger partial charge is 0.326 e. The smallest absolute Gasteiger partial charge is 0.319 e. The molecule has 5 N–H and O–H groups in total. The second-order valence-electron chi connectivity index (χ2n) is 8.97. The highest BCUT2D eigenvalue weighted by Crippen LogP contribution is 2.23. The van der Waals surface area contributed by atoms with Gasteiger partial charge in [-0.1, -0.05) is 63.9 Å². The van der Waals surface area contributed by atoms with Gasteiger partial charge < -0.3 is 16.0 Å². The molecule has 0 aliphatic heterocycles. The van der Waals surface area contributed by atoms with Crippen LogP contribution in [0.4, 0.5) is 16.2 Å². The van der Waals surface area contributed by atoms with Gasteiger partial charge in [-0.15, -0.1) is 0 Å². The molecule has 8 nitrogen and oxygen atoms in total. The molecular formula is C25H34N4O4. The van der Waals surface area contributed by atoms with Gasteiger partial charge in [-0.05, 0) is 48.1 Å². The van der Waals surface area contributed by atoms with E-state index in [-0.39, 0.29) is 11.3 Å². The van der Waals surface area contributed by atoms with Crippen molar-refractivity contribution in [2.24, 2.45) is 0 Å². The van der Waals surface area contributed by atoms with Crippen molar-refractivity contribution in [3.05, 3.63) is 60.2 Å². The number of hydrogen-bond donors (Lipinski definition) is 5. The van der Waals surface area contributed by atoms with Gasteiger partial charge in [0.15, 0.2) is 0 Å². The molecule has 0 spiro atoms. The fourth-order valence-corrected chi connectivity index (χ4v) is 3.28. The summed E-state index contributed by atoms with van der Waals surface area (Å²) >= 11 is 0. The minimum Gasteiger partial charge on any atom is -0.326 e. The van der Waals surface area contributed by atoms with Gasteiger partial charge >= 0.3 is 6.03 Å². The predicted octanol–water partition coefficient (Wildman–Crippen LogP) is 4.57. The summed E-state index contributed by atoms with van der Waals surface area (Å²) in [7, 11) is 0. The van der Waals surface area contributed by atoms with E-state index in [1.165, 1.54) is 0 Å². The van der Waals surface area contributed by atoms with E-state index in [0.29, 0.717) is 37.8 Å². The molecule has 1 atom stereocenters. The number of nitrogens with one attached hydrogen (secondary N) is 4. The SMILES string of the molecule is CC(C)(C)c1ccc(NC(=O)N[C@@H](CCCCCC(=O)Nc2ccccc2)C(=O)NO)cc1. The topological polar surface area (TPSA) is 120 Å². The standard InChI is InChI=1S/C25H34N4O4/c1-25(2,3)18-14-16-20(17-15-18)27-24(32)28-21(23(31)29-33)12-8-5-9-13-22(30)26-19-10-6-4-7-11-19/h4,6-7,10-11,14-17,21,33H,5,8-9,12-13H2,1-3H3,(H,26,30)(H,29,31)(H2,27,28,32)/t21-/m0/s1. The maximum atomic E-state index is 12.3. The Morgan fingerprint density at radius 3 is 2.09 bits per heavy atom. The van der Waals surface area contributed by atoms with Crippen molar-refractivity contribution < 1.29 is 19.6 Å². The molecule has 2 rings (SSSR count). The molecule has 0 heterocycles. The van der Waals surface area contributed by atoms with Crippen LogP contribution in [0, 0.1) is 0 Å². The van der Waals surface area contributed by atoms with Gasteiger partial charge in [0.2, 0.25) is 5.91 Å². The van der Waals surface area contributed by atoms with E-state index < -0.39 is 18.0 Å². The number of unbranched alkanes of at least 4 members (excludes halogenated alkanes) is 2. The highest BCUT2D eigenvalue weighted by molar-refractivity contribution is 5.93. The minimum absolute atomic E-state index is 0.00726. The third kappa shape index (κ3) is 9.33. The highest BCUT2D eigenvalue weighted by Gasteiger charge is 2.20. The van der Waals surface area contributed by atoms with Crippen LogP contribution < -0.4 is 21.4 Å². The zero-order valence-corrected chi connectivity index (χ0v) is 19.5. The third-order valence-corrected chi connectivity index (χ3v) is 5.19. The Morgan fingerprint density at radius 2 is 1.48 bits per heavy atom. The summed E-state index contributed by atoms with van der Waals surface area (Å²) in [4.78, 5) is 36.3. The van der Waals surface area contributed by atoms with Crippen LogP contribution in [0.5, 0.6) is 0 Å². The molecule has 2 aromatic rings. The second kappa shape index (κ2) is 12.6. The fraction of sp³-hybridized carbons (Fsp3) is 0.400. The summed E-state index contributed by atoms with van der Waals surface area (Å²) in [6.45, 7) is 6.32. The van der Waals surface area contributed by atoms with Crippen LogP contribution in [0.15, 0.2) is 54.6 Å². The molecule has 0 saturated heterocycles. The van der Waals surface area contributed by atoms with Crippen molar-refractivity contribution in [2.45, 2.75) is 64.3 Å². The lowest BCUT2D eigenvalue weighted by molar-refractivity contribution is -0.131. The molecule has 0 bridgehead atoms. The highest BCUT2D eigenvalue weighted by atomic mass is 16.5. The molecule has 0 aliphatic carbocycles. The lowest BCUT2D eigenvalue weighted by Gasteiger charge is -2.20. The quantitative estimate of drug-likeness (QED) is 0.205. The molecule has 2 aromatic carbocycles. The van der Waals surface area contributed by atoms with Gasteiger partial charge in [-0.25, -0.2) is 10.3 Å². The number of urea groups is 1. The Labute approximate surface area is 195 Å². The van der Waals surface area contributed by atoms with Crippen LogP contribution in [0.1, 0.15) is 58.4 Å². The van der Waals surface area contributed by atoms with Gasteiger partial charge in [0, 0.05) is 17.8 Å². The molecule has 0 fully saturated rings. The maximum Gasteiger partial charge on any atom is 0.319 e. The van der Waals surface area contributed by atoms with Crippen LogP contribution in [-0.4, -0.2) is 29.1 Å². The molecule has 0 aromatic heterocycles. The Hall–Kier alpha value is -3.39. The van der Waals surface area contributed by atoms with Crippen LogP contribution in [0.25, 0.3) is 0 Å². The van der Waals surface area contributed by atoms with E-state index in [9.17, 15) is 14.4 Å². The van der Waals surface area contributed by atoms with E-state index in [1.807, 2.05) is 54.6 Å². The molecule has 0 saturated carbocycles. The van der Waals surface area contributed by atoms with Gasteiger partial charge in [0.1, 0.15) is 6.04 Å². The number of para-hydroxylation sites is 1. The van der Waals surface area contributed by atoms with Crippen LogP contribution in [0.2, 0.25) is 0 Å². The minimum atomic E-state index is -0.887. The third-order valence-electron chi connectivity index (χ3n) is 5.19. The summed E-state index contributed by atoms with van der Waals surface area (Å²) in [6, 6.07) is 15.3. The summed E-state index contributed by atoms with van der Waals surface area (Å²) in [6.07, 6.45) is 2.66. The Balaban J connectivity index is 1.75. The fourth-order valence-electron chi connectivity index (χ4n) is 3.28.